The summed E-state index contributed by atoms with van der Waals surface area (Å²) < 4.78 is 59.7. The number of hydrogen-bond acceptors (Lipinski definition) is 5. The number of carbonyl (C=O) groups is 1. The van der Waals surface area contributed by atoms with E-state index in [-0.39, 0.29) is 33.2 Å². The van der Waals surface area contributed by atoms with E-state index < -0.39 is 29.6 Å². The van der Waals surface area contributed by atoms with Gasteiger partial charge in [-0.3, -0.25) is 4.79 Å². The average Bonchev–Trinajstić information content (AvgIpc) is 3.35. The van der Waals surface area contributed by atoms with Crippen LogP contribution < -0.4 is 16.1 Å². The molecule has 2 atom stereocenters. The van der Waals surface area contributed by atoms with E-state index in [4.69, 9.17) is 16.4 Å². The summed E-state index contributed by atoms with van der Waals surface area (Å²) in [6.07, 6.45) is -3.08. The first-order valence-corrected chi connectivity index (χ1v) is 14.1. The Kier molecular flexibility index (Phi) is 9.80. The molecule has 12 heteroatoms. The van der Waals surface area contributed by atoms with E-state index in [1.165, 1.54) is 30.3 Å². The molecule has 1 saturated heterocycles. The van der Waals surface area contributed by atoms with Crippen molar-refractivity contribution < 1.29 is 27.2 Å². The van der Waals surface area contributed by atoms with Crippen LogP contribution in [0.15, 0.2) is 76.7 Å². The lowest BCUT2D eigenvalue weighted by Crippen LogP contribution is -2.48. The molecule has 0 bridgehead atoms. The molecule has 0 radical (unpaired) electrons. The van der Waals surface area contributed by atoms with Crippen molar-refractivity contribution >= 4 is 37.7 Å². The number of para-hydroxylation sites is 1. The summed E-state index contributed by atoms with van der Waals surface area (Å²) in [6.45, 7) is 5.34. The van der Waals surface area contributed by atoms with Crippen molar-refractivity contribution in [1.29, 1.82) is 0 Å². The normalized spacial score (nSPS) is 19.3. The van der Waals surface area contributed by atoms with Gasteiger partial charge in [-0.2, -0.15) is 13.2 Å². The highest BCUT2D eigenvalue weighted by Gasteiger charge is 2.44. The van der Waals surface area contributed by atoms with Crippen LogP contribution in [0.25, 0.3) is 0 Å². The van der Waals surface area contributed by atoms with Crippen molar-refractivity contribution in [3.63, 3.8) is 0 Å². The predicted molar refractivity (Wildman–Crippen MR) is 156 cm³/mol. The van der Waals surface area contributed by atoms with Crippen LogP contribution in [0.2, 0.25) is 5.02 Å². The van der Waals surface area contributed by atoms with Gasteiger partial charge in [-0.05, 0) is 43.9 Å². The van der Waals surface area contributed by atoms with Gasteiger partial charge >= 0.3 is 6.18 Å². The number of hydrogen-bond donors (Lipinski definition) is 2. The predicted octanol–water partition coefficient (Wildman–Crippen LogP) is 5.87. The van der Waals surface area contributed by atoms with E-state index >= 15 is 4.39 Å². The van der Waals surface area contributed by atoms with E-state index in [9.17, 15) is 18.0 Å². The molecule has 0 aromatic heterocycles. The SMILES string of the molecule is CC/C(C)=C\C(C1=C(C(=O)N2CCN(C)CC2)C(c2c(F)cccc2Cl)NO1)=C(/Nc1ccccc1P)C(F)(F)F. The Morgan fingerprint density at radius 2 is 1.85 bits per heavy atom. The molecule has 41 heavy (non-hydrogen) atoms. The lowest BCUT2D eigenvalue weighted by Gasteiger charge is -2.33. The summed E-state index contributed by atoms with van der Waals surface area (Å²) in [6, 6.07) is 9.27. The molecule has 0 saturated carbocycles. The second kappa shape index (κ2) is 12.9. The summed E-state index contributed by atoms with van der Waals surface area (Å²) in [5, 5.41) is 3.05. The standard InChI is InChI=1S/C29H32ClF4N4O2P/c1-4-17(2)16-18(27(29(32,33)34)35-21-10-5-6-11-22(21)41)26-24(28(39)38-14-12-37(3)13-15-38)25(36-40-26)23-19(30)8-7-9-20(23)31/h5-11,16,25,35-36H,4,12-15,41H2,1-3H3/b17-16-,27-18+. The molecule has 2 aromatic rings. The maximum absolute atomic E-state index is 15.2. The number of hydroxylamine groups is 1. The number of benzene rings is 2. The van der Waals surface area contributed by atoms with Crippen molar-refractivity contribution in [3.05, 3.63) is 93.1 Å². The van der Waals surface area contributed by atoms with Gasteiger partial charge in [0.05, 0.1) is 5.57 Å². The zero-order valence-electron chi connectivity index (χ0n) is 22.9. The molecule has 220 valence electrons. The third-order valence-corrected chi connectivity index (χ3v) is 7.92. The summed E-state index contributed by atoms with van der Waals surface area (Å²) in [4.78, 5) is 23.4. The zero-order valence-corrected chi connectivity index (χ0v) is 24.8. The Hall–Kier alpha value is -2.91. The number of allylic oxidation sites excluding steroid dienone is 3. The number of anilines is 1. The fourth-order valence-corrected chi connectivity index (χ4v) is 5.14. The second-order valence-electron chi connectivity index (χ2n) is 9.97. The second-order valence-corrected chi connectivity index (χ2v) is 11.0. The summed E-state index contributed by atoms with van der Waals surface area (Å²) in [7, 11) is 4.32. The van der Waals surface area contributed by atoms with Crippen molar-refractivity contribution in [2.75, 3.05) is 38.5 Å². The van der Waals surface area contributed by atoms with Gasteiger partial charge in [0.1, 0.15) is 17.6 Å². The molecule has 0 aliphatic carbocycles. The molecule has 2 aliphatic rings. The van der Waals surface area contributed by atoms with Crippen LogP contribution in [0.5, 0.6) is 0 Å². The van der Waals surface area contributed by atoms with Gasteiger partial charge in [0.25, 0.3) is 5.91 Å². The molecule has 2 heterocycles. The third-order valence-electron chi connectivity index (χ3n) is 7.09. The van der Waals surface area contributed by atoms with Gasteiger partial charge in [0.2, 0.25) is 0 Å². The Morgan fingerprint density at radius 3 is 2.46 bits per heavy atom. The fraction of sp³-hybridized carbons (Fsp3) is 0.345. The maximum atomic E-state index is 15.2. The van der Waals surface area contributed by atoms with Gasteiger partial charge < -0.3 is 20.0 Å². The van der Waals surface area contributed by atoms with Crippen molar-refractivity contribution in [1.82, 2.24) is 15.3 Å². The fourth-order valence-electron chi connectivity index (χ4n) is 4.59. The number of carbonyl (C=O) groups excluding carboxylic acids is 1. The topological polar surface area (TPSA) is 56.8 Å². The van der Waals surface area contributed by atoms with Crippen LogP contribution in [0, 0.1) is 5.82 Å². The molecule has 2 N–H and O–H groups in total. The van der Waals surface area contributed by atoms with Crippen LogP contribution in [0.3, 0.4) is 0 Å². The highest BCUT2D eigenvalue weighted by Crippen LogP contribution is 2.42. The van der Waals surface area contributed by atoms with Crippen molar-refractivity contribution in [3.8, 4) is 0 Å². The molecule has 0 spiro atoms. The zero-order chi connectivity index (χ0) is 29.9. The lowest BCUT2D eigenvalue weighted by atomic mass is 9.93. The van der Waals surface area contributed by atoms with Gasteiger partial charge in [0.15, 0.2) is 5.76 Å². The number of piperazine rings is 1. The van der Waals surface area contributed by atoms with Crippen LogP contribution in [-0.2, 0) is 9.63 Å². The number of nitrogens with zero attached hydrogens (tertiary/aromatic N) is 2. The molecule has 2 aromatic carbocycles. The van der Waals surface area contributed by atoms with Crippen LogP contribution >= 0.6 is 20.8 Å². The first-order valence-electron chi connectivity index (χ1n) is 13.1. The number of alkyl halides is 3. The van der Waals surface area contributed by atoms with Crippen molar-refractivity contribution in [2.24, 2.45) is 0 Å². The van der Waals surface area contributed by atoms with Gasteiger partial charge in [-0.25, -0.2) is 4.39 Å². The molecular formula is C29H32ClF4N4O2P. The average molecular weight is 611 g/mol. The van der Waals surface area contributed by atoms with Gasteiger partial charge in [-0.15, -0.1) is 14.7 Å². The van der Waals surface area contributed by atoms with Gasteiger partial charge in [0, 0.05) is 48.0 Å². The Labute approximate surface area is 244 Å². The van der Waals surface area contributed by atoms with Gasteiger partial charge in [-0.1, -0.05) is 54.4 Å². The Morgan fingerprint density at radius 1 is 1.17 bits per heavy atom. The monoisotopic (exact) mass is 610 g/mol. The first-order chi connectivity index (χ1) is 19.4. The minimum atomic E-state index is -4.88. The summed E-state index contributed by atoms with van der Waals surface area (Å²) in [5.74, 6) is -1.62. The van der Waals surface area contributed by atoms with Crippen LogP contribution in [0.1, 0.15) is 31.9 Å². The molecule has 2 unspecified atom stereocenters. The smallest absolute Gasteiger partial charge is 0.407 e. The van der Waals surface area contributed by atoms with Crippen LogP contribution in [0.4, 0.5) is 23.2 Å². The highest BCUT2D eigenvalue weighted by atomic mass is 35.5. The molecule has 6 nitrogen and oxygen atoms in total. The van der Waals surface area contributed by atoms with E-state index in [0.29, 0.717) is 43.5 Å². The largest absolute Gasteiger partial charge is 0.431 e. The van der Waals surface area contributed by atoms with Crippen molar-refractivity contribution in [2.45, 2.75) is 32.5 Å². The third kappa shape index (κ3) is 6.95. The number of rotatable bonds is 7. The summed E-state index contributed by atoms with van der Waals surface area (Å²) >= 11 is 6.37. The quantitative estimate of drug-likeness (QED) is 0.233. The number of nitrogens with one attached hydrogen (secondary N) is 2. The molecule has 1 fully saturated rings. The minimum absolute atomic E-state index is 0.00735. The van der Waals surface area contributed by atoms with Crippen LogP contribution in [-0.4, -0.2) is 55.1 Å². The molecule has 2 aliphatic heterocycles. The van der Waals surface area contributed by atoms with E-state index in [0.717, 1.165) is 0 Å². The number of amides is 1. The molecule has 1 amide bonds. The minimum Gasteiger partial charge on any atom is -0.407 e. The maximum Gasteiger partial charge on any atom is 0.431 e. The Bertz CT molecular complexity index is 1380. The van der Waals surface area contributed by atoms with E-state index in [2.05, 4.69) is 20.0 Å². The number of likely N-dealkylation sites (N-methyl/N-ethyl adjacent to an activating group) is 1. The first kappa shape index (κ1) is 31.0. The van der Waals surface area contributed by atoms with E-state index in [1.807, 2.05) is 18.9 Å². The highest BCUT2D eigenvalue weighted by molar-refractivity contribution is 7.28. The number of halogens is 5. The lowest BCUT2D eigenvalue weighted by molar-refractivity contribution is -0.129. The van der Waals surface area contributed by atoms with E-state index in [1.54, 1.807) is 30.0 Å². The summed E-state index contributed by atoms with van der Waals surface area (Å²) in [5.41, 5.74) is 1.68. The molecule has 4 rings (SSSR count). The Balaban J connectivity index is 2.01. The molecular weight excluding hydrogens is 579 g/mol.